The van der Waals surface area contributed by atoms with Crippen LogP contribution in [-0.4, -0.2) is 80.2 Å². The first-order valence-electron chi connectivity index (χ1n) is 18.4. The molecular weight excluding hydrogens is 623 g/mol. The zero-order valence-electron chi connectivity index (χ0n) is 30.4. The van der Waals surface area contributed by atoms with Crippen molar-refractivity contribution in [1.29, 1.82) is 0 Å². The zero-order chi connectivity index (χ0) is 35.2. The van der Waals surface area contributed by atoms with Gasteiger partial charge in [-0.05, 0) is 96.9 Å². The Morgan fingerprint density at radius 2 is 1.27 bits per heavy atom. The third-order valence-corrected chi connectivity index (χ3v) is 10.7. The Labute approximate surface area is 292 Å². The van der Waals surface area contributed by atoms with E-state index in [0.29, 0.717) is 67.2 Å². The van der Waals surface area contributed by atoms with Gasteiger partial charge in [-0.15, -0.1) is 0 Å². The summed E-state index contributed by atoms with van der Waals surface area (Å²) in [7, 11) is 3.20. The summed E-state index contributed by atoms with van der Waals surface area (Å²) in [6, 6.07) is 8.12. The molecule has 4 heterocycles. The fraction of sp³-hybridized carbons (Fsp3) is 0.650. The second kappa shape index (κ2) is 16.7. The second-order valence-electron chi connectivity index (χ2n) is 15.2. The normalized spacial score (nSPS) is 23.6. The fourth-order valence-electron chi connectivity index (χ4n) is 8.30. The van der Waals surface area contributed by atoms with E-state index in [4.69, 9.17) is 14.2 Å². The number of fused-ring (bicyclic) bond motifs is 6. The number of hydrogen-bond donors (Lipinski definition) is 1. The summed E-state index contributed by atoms with van der Waals surface area (Å²) in [5.74, 6) is 4.34. The number of ketones is 2. The highest BCUT2D eigenvalue weighted by Gasteiger charge is 2.40. The van der Waals surface area contributed by atoms with Gasteiger partial charge >= 0.3 is 0 Å². The van der Waals surface area contributed by atoms with Crippen LogP contribution in [0.3, 0.4) is 0 Å². The molecular formula is C40H57FN2O6. The lowest BCUT2D eigenvalue weighted by Crippen LogP contribution is -2.46. The predicted molar refractivity (Wildman–Crippen MR) is 190 cm³/mol. The summed E-state index contributed by atoms with van der Waals surface area (Å²) in [4.78, 5) is 30.1. The average molecular weight is 681 g/mol. The van der Waals surface area contributed by atoms with Gasteiger partial charge < -0.3 is 19.3 Å². The summed E-state index contributed by atoms with van der Waals surface area (Å²) >= 11 is 0. The van der Waals surface area contributed by atoms with Gasteiger partial charge in [-0.3, -0.25) is 23.8 Å². The van der Waals surface area contributed by atoms with Crippen molar-refractivity contribution in [1.82, 2.24) is 9.80 Å². The standard InChI is InChI=1S/C22H32FNO3.C18H25NO3/c1-15(2)10-17-14-24-8-6-16-11-22(27-9-5-4-7-23)21(26-3)12-18(16)19(24)13-20(17)25;1-11(2)6-13-10-19-5-4-12-7-17(21)18(22-3)8-14(12)15(19)9-16(13)20/h11-12,15,17,19H,4-10,13-14H2,1-3H3;7-8,11,13,15,21H,4-6,9-10H2,1-3H3. The van der Waals surface area contributed by atoms with Crippen LogP contribution in [-0.2, 0) is 22.4 Å². The highest BCUT2D eigenvalue weighted by atomic mass is 19.1. The van der Waals surface area contributed by atoms with Crippen molar-refractivity contribution in [2.75, 3.05) is 53.7 Å². The minimum atomic E-state index is -0.311. The van der Waals surface area contributed by atoms with Gasteiger partial charge in [0, 0.05) is 62.9 Å². The molecule has 6 rings (SSSR count). The maximum absolute atomic E-state index is 12.7. The van der Waals surface area contributed by atoms with Crippen LogP contribution >= 0.6 is 0 Å². The number of methoxy groups -OCH3 is 2. The average Bonchev–Trinajstić information content (AvgIpc) is 3.06. The van der Waals surface area contributed by atoms with Gasteiger partial charge in [0.15, 0.2) is 23.0 Å². The summed E-state index contributed by atoms with van der Waals surface area (Å²) in [6.07, 6.45) is 6.22. The van der Waals surface area contributed by atoms with Crippen LogP contribution in [0.2, 0.25) is 0 Å². The van der Waals surface area contributed by atoms with Crippen LogP contribution in [0.4, 0.5) is 4.39 Å². The lowest BCUT2D eigenvalue weighted by molar-refractivity contribution is -0.130. The van der Waals surface area contributed by atoms with Gasteiger partial charge in [-0.25, -0.2) is 0 Å². The van der Waals surface area contributed by atoms with Crippen LogP contribution in [0, 0.1) is 23.7 Å². The first-order valence-corrected chi connectivity index (χ1v) is 18.4. The Morgan fingerprint density at radius 3 is 1.76 bits per heavy atom. The number of aromatic hydroxyl groups is 1. The number of alkyl halides is 1. The van der Waals surface area contributed by atoms with Gasteiger partial charge in [0.05, 0.1) is 27.5 Å². The molecule has 8 nitrogen and oxygen atoms in total. The molecule has 0 aliphatic carbocycles. The highest BCUT2D eigenvalue weighted by molar-refractivity contribution is 5.83. The molecule has 0 spiro atoms. The smallest absolute Gasteiger partial charge is 0.161 e. The van der Waals surface area contributed by atoms with E-state index in [1.54, 1.807) is 20.3 Å². The van der Waals surface area contributed by atoms with Crippen molar-refractivity contribution in [3.05, 3.63) is 46.5 Å². The lowest BCUT2D eigenvalue weighted by atomic mass is 9.80. The minimum absolute atomic E-state index is 0.147. The van der Waals surface area contributed by atoms with E-state index in [9.17, 15) is 19.1 Å². The molecule has 2 fully saturated rings. The van der Waals surface area contributed by atoms with Gasteiger partial charge in [0.25, 0.3) is 0 Å². The number of carbonyl (C=O) groups is 2. The molecule has 0 saturated carbocycles. The fourth-order valence-corrected chi connectivity index (χ4v) is 8.30. The number of phenols is 1. The first-order chi connectivity index (χ1) is 23.5. The van der Waals surface area contributed by atoms with Crippen LogP contribution in [0.1, 0.15) is 101 Å². The number of phenolic OH excluding ortho intramolecular Hbond substituents is 1. The third-order valence-electron chi connectivity index (χ3n) is 10.7. The molecule has 1 N–H and O–H groups in total. The molecule has 4 aliphatic rings. The van der Waals surface area contributed by atoms with E-state index < -0.39 is 0 Å². The number of ether oxygens (including phenoxy) is 3. The van der Waals surface area contributed by atoms with Crippen molar-refractivity contribution < 1.29 is 33.3 Å². The van der Waals surface area contributed by atoms with E-state index in [-0.39, 0.29) is 36.3 Å². The number of nitrogens with zero attached hydrogens (tertiary/aromatic N) is 2. The van der Waals surface area contributed by atoms with E-state index in [2.05, 4.69) is 43.6 Å². The lowest BCUT2D eigenvalue weighted by Gasteiger charge is -2.43. The van der Waals surface area contributed by atoms with Crippen LogP contribution in [0.15, 0.2) is 24.3 Å². The van der Waals surface area contributed by atoms with Gasteiger partial charge in [-0.2, -0.15) is 0 Å². The van der Waals surface area contributed by atoms with Crippen LogP contribution in [0.25, 0.3) is 0 Å². The molecule has 2 aromatic rings. The van der Waals surface area contributed by atoms with Crippen LogP contribution < -0.4 is 14.2 Å². The quantitative estimate of drug-likeness (QED) is 0.248. The number of benzene rings is 2. The Bertz CT molecular complexity index is 1460. The topological polar surface area (TPSA) is 88.5 Å². The van der Waals surface area contributed by atoms with E-state index in [1.165, 1.54) is 11.1 Å². The van der Waals surface area contributed by atoms with Crippen molar-refractivity contribution in [2.45, 2.75) is 91.1 Å². The number of rotatable bonds is 11. The molecule has 0 amide bonds. The SMILES string of the molecule is COc1cc2c(cc1O)CCN1CC(CC(C)C)C(=O)CC21.COc1cc2c(cc1OCCCCF)CCN1CC(CC(C)C)C(=O)CC21. The van der Waals surface area contributed by atoms with Gasteiger partial charge in [0.1, 0.15) is 11.6 Å². The summed E-state index contributed by atoms with van der Waals surface area (Å²) in [6.45, 7) is 12.6. The number of unbranched alkanes of at least 4 members (excludes halogenated alkanes) is 1. The first kappa shape index (κ1) is 37.1. The number of hydrogen-bond acceptors (Lipinski definition) is 8. The van der Waals surface area contributed by atoms with Crippen molar-refractivity contribution in [3.63, 3.8) is 0 Å². The Hall–Kier alpha value is -3.17. The third kappa shape index (κ3) is 8.77. The molecule has 4 atom stereocenters. The Kier molecular flexibility index (Phi) is 12.6. The molecule has 270 valence electrons. The summed E-state index contributed by atoms with van der Waals surface area (Å²) in [5, 5.41) is 9.95. The number of Topliss-reactive ketones (excluding diaryl/α,β-unsaturated/α-hetero) is 2. The molecule has 9 heteroatoms. The number of carbonyl (C=O) groups excluding carboxylic acids is 2. The molecule has 4 aliphatic heterocycles. The number of piperidine rings is 2. The molecule has 0 aromatic heterocycles. The van der Waals surface area contributed by atoms with E-state index in [0.717, 1.165) is 68.7 Å². The molecule has 4 unspecified atom stereocenters. The molecule has 0 radical (unpaired) electrons. The summed E-state index contributed by atoms with van der Waals surface area (Å²) < 4.78 is 28.9. The Balaban J connectivity index is 0.000000195. The number of halogens is 1. The van der Waals surface area contributed by atoms with Crippen LogP contribution in [0.5, 0.6) is 23.0 Å². The molecule has 2 aromatic carbocycles. The second-order valence-corrected chi connectivity index (χ2v) is 15.2. The summed E-state index contributed by atoms with van der Waals surface area (Å²) in [5.41, 5.74) is 4.74. The van der Waals surface area contributed by atoms with Crippen molar-refractivity contribution in [3.8, 4) is 23.0 Å². The van der Waals surface area contributed by atoms with Crippen molar-refractivity contribution in [2.24, 2.45) is 23.7 Å². The zero-order valence-corrected chi connectivity index (χ0v) is 30.4. The monoisotopic (exact) mass is 680 g/mol. The molecule has 2 saturated heterocycles. The van der Waals surface area contributed by atoms with E-state index in [1.807, 2.05) is 12.1 Å². The predicted octanol–water partition coefficient (Wildman–Crippen LogP) is 7.29. The Morgan fingerprint density at radius 1 is 0.755 bits per heavy atom. The maximum Gasteiger partial charge on any atom is 0.161 e. The van der Waals surface area contributed by atoms with Gasteiger partial charge in [-0.1, -0.05) is 27.7 Å². The molecule has 0 bridgehead atoms. The molecule has 49 heavy (non-hydrogen) atoms. The maximum atomic E-state index is 12.7. The largest absolute Gasteiger partial charge is 0.504 e. The van der Waals surface area contributed by atoms with E-state index >= 15 is 0 Å². The van der Waals surface area contributed by atoms with Crippen molar-refractivity contribution >= 4 is 11.6 Å². The minimum Gasteiger partial charge on any atom is -0.504 e. The van der Waals surface area contributed by atoms with Gasteiger partial charge in [0.2, 0.25) is 0 Å². The highest BCUT2D eigenvalue weighted by Crippen LogP contribution is 2.44.